The zero-order valence-corrected chi connectivity index (χ0v) is 15.5. The van der Waals surface area contributed by atoms with Gasteiger partial charge in [-0.05, 0) is 36.7 Å². The van der Waals surface area contributed by atoms with Crippen LogP contribution < -0.4 is 15.5 Å². The van der Waals surface area contributed by atoms with Gasteiger partial charge in [-0.3, -0.25) is 4.79 Å². The second kappa shape index (κ2) is 9.59. The Morgan fingerprint density at radius 3 is 2.62 bits per heavy atom. The van der Waals surface area contributed by atoms with Gasteiger partial charge in [0.1, 0.15) is 0 Å². The van der Waals surface area contributed by atoms with Crippen molar-refractivity contribution in [3.8, 4) is 0 Å². The average molecular weight is 350 g/mol. The van der Waals surface area contributed by atoms with E-state index in [-0.39, 0.29) is 5.91 Å². The molecule has 5 nitrogen and oxygen atoms in total. The number of piperazine rings is 1. The van der Waals surface area contributed by atoms with Crippen LogP contribution in [0.2, 0.25) is 0 Å². The Morgan fingerprint density at radius 2 is 1.96 bits per heavy atom. The summed E-state index contributed by atoms with van der Waals surface area (Å²) in [5.74, 6) is 0.151. The fourth-order valence-corrected chi connectivity index (χ4v) is 3.19. The highest BCUT2D eigenvalue weighted by molar-refractivity contribution is 7.80. The van der Waals surface area contributed by atoms with Gasteiger partial charge >= 0.3 is 0 Å². The average Bonchev–Trinajstić information content (AvgIpc) is 2.61. The van der Waals surface area contributed by atoms with Gasteiger partial charge in [0, 0.05) is 12.2 Å². The summed E-state index contributed by atoms with van der Waals surface area (Å²) in [7, 11) is 0. The lowest BCUT2D eigenvalue weighted by atomic mass is 10.1. The molecular formula is C18H29N4OS+. The number of thiocarbonyl (C=S) groups is 1. The van der Waals surface area contributed by atoms with Crippen LogP contribution in [0, 0.1) is 0 Å². The van der Waals surface area contributed by atoms with Gasteiger partial charge in [-0.15, -0.1) is 0 Å². The summed E-state index contributed by atoms with van der Waals surface area (Å²) < 4.78 is 0. The maximum atomic E-state index is 11.8. The smallest absolute Gasteiger partial charge is 0.275 e. The van der Waals surface area contributed by atoms with Gasteiger partial charge in [-0.1, -0.05) is 32.0 Å². The molecule has 0 atom stereocenters. The zero-order chi connectivity index (χ0) is 17.4. The van der Waals surface area contributed by atoms with E-state index in [1.165, 1.54) is 10.5 Å². The van der Waals surface area contributed by atoms with Gasteiger partial charge in [0.15, 0.2) is 11.7 Å². The fraction of sp³-hybridized carbons (Fsp3) is 0.556. The predicted molar refractivity (Wildman–Crippen MR) is 102 cm³/mol. The van der Waals surface area contributed by atoms with Crippen molar-refractivity contribution >= 4 is 28.9 Å². The van der Waals surface area contributed by atoms with Gasteiger partial charge in [0.2, 0.25) is 0 Å². The van der Waals surface area contributed by atoms with Crippen LogP contribution in [0.3, 0.4) is 0 Å². The third kappa shape index (κ3) is 5.46. The van der Waals surface area contributed by atoms with Crippen molar-refractivity contribution in [3.63, 3.8) is 0 Å². The topological polar surface area (TPSA) is 48.8 Å². The molecule has 1 aliphatic heterocycles. The molecule has 1 amide bonds. The summed E-state index contributed by atoms with van der Waals surface area (Å²) in [6, 6.07) is 8.28. The second-order valence-corrected chi connectivity index (χ2v) is 6.59. The minimum Gasteiger partial charge on any atom is -0.351 e. The van der Waals surface area contributed by atoms with E-state index in [1.54, 1.807) is 0 Å². The highest BCUT2D eigenvalue weighted by atomic mass is 32.1. The lowest BCUT2D eigenvalue weighted by Crippen LogP contribution is -3.15. The molecule has 0 unspecified atom stereocenters. The zero-order valence-electron chi connectivity index (χ0n) is 14.7. The number of hydrogen-bond donors (Lipinski definition) is 3. The van der Waals surface area contributed by atoms with E-state index in [4.69, 9.17) is 12.2 Å². The number of carbonyl (C=O) groups is 1. The highest BCUT2D eigenvalue weighted by Crippen LogP contribution is 2.16. The van der Waals surface area contributed by atoms with Crippen LogP contribution in [0.4, 0.5) is 5.69 Å². The van der Waals surface area contributed by atoms with E-state index < -0.39 is 0 Å². The summed E-state index contributed by atoms with van der Waals surface area (Å²) in [4.78, 5) is 15.3. The lowest BCUT2D eigenvalue weighted by Gasteiger charge is -2.33. The monoisotopic (exact) mass is 349 g/mol. The summed E-state index contributed by atoms with van der Waals surface area (Å²) >= 11 is 5.57. The number of amides is 1. The second-order valence-electron chi connectivity index (χ2n) is 6.20. The van der Waals surface area contributed by atoms with Gasteiger partial charge in [-0.25, -0.2) is 0 Å². The molecule has 0 spiro atoms. The number of rotatable bonds is 6. The van der Waals surface area contributed by atoms with E-state index in [0.717, 1.165) is 56.4 Å². The molecule has 1 fully saturated rings. The standard InChI is InChI=1S/C18H28N4OS/c1-3-9-19-17(23)14-21-10-12-22(13-11-21)18(24)20-16-8-6-5-7-15(16)4-2/h5-8H,3-4,9-14H2,1-2H3,(H,19,23)(H,20,24)/p+1. The number of aryl methyl sites for hydroxylation is 1. The van der Waals surface area contributed by atoms with E-state index in [1.807, 2.05) is 6.07 Å². The molecule has 0 saturated carbocycles. The van der Waals surface area contributed by atoms with Crippen LogP contribution in [0.5, 0.6) is 0 Å². The van der Waals surface area contributed by atoms with E-state index >= 15 is 0 Å². The van der Waals surface area contributed by atoms with Gasteiger partial charge in [0.25, 0.3) is 5.91 Å². The molecule has 0 bridgehead atoms. The largest absolute Gasteiger partial charge is 0.351 e. The molecule has 132 valence electrons. The molecule has 6 heteroatoms. The lowest BCUT2D eigenvalue weighted by molar-refractivity contribution is -0.895. The number of carbonyl (C=O) groups excluding carboxylic acids is 1. The maximum absolute atomic E-state index is 11.8. The van der Waals surface area contributed by atoms with E-state index in [9.17, 15) is 4.79 Å². The molecule has 2 rings (SSSR count). The third-order valence-electron chi connectivity index (χ3n) is 4.38. The minimum atomic E-state index is 0.151. The molecular weight excluding hydrogens is 320 g/mol. The number of hydrogen-bond acceptors (Lipinski definition) is 2. The molecule has 1 aromatic rings. The maximum Gasteiger partial charge on any atom is 0.275 e. The molecule has 24 heavy (non-hydrogen) atoms. The number of para-hydroxylation sites is 1. The molecule has 1 aromatic carbocycles. The van der Waals surface area contributed by atoms with Crippen LogP contribution in [0.1, 0.15) is 25.8 Å². The van der Waals surface area contributed by atoms with Crippen molar-refractivity contribution in [1.29, 1.82) is 0 Å². The first kappa shape index (κ1) is 18.7. The van der Waals surface area contributed by atoms with Gasteiger partial charge in [-0.2, -0.15) is 0 Å². The number of quaternary nitrogens is 1. The van der Waals surface area contributed by atoms with Gasteiger partial charge < -0.3 is 20.4 Å². The highest BCUT2D eigenvalue weighted by Gasteiger charge is 2.23. The molecule has 0 aromatic heterocycles. The van der Waals surface area contributed by atoms with Crippen molar-refractivity contribution in [2.24, 2.45) is 0 Å². The molecule has 0 radical (unpaired) electrons. The van der Waals surface area contributed by atoms with Crippen LogP contribution in [-0.2, 0) is 11.2 Å². The molecule has 1 saturated heterocycles. The van der Waals surface area contributed by atoms with Crippen LogP contribution >= 0.6 is 12.2 Å². The fourth-order valence-electron chi connectivity index (χ4n) is 2.90. The number of benzene rings is 1. The Kier molecular flexibility index (Phi) is 7.46. The Balaban J connectivity index is 1.79. The first-order chi connectivity index (χ1) is 11.6. The first-order valence-electron chi connectivity index (χ1n) is 8.88. The summed E-state index contributed by atoms with van der Waals surface area (Å²) in [5.41, 5.74) is 2.37. The minimum absolute atomic E-state index is 0.151. The van der Waals surface area contributed by atoms with Crippen molar-refractivity contribution in [3.05, 3.63) is 29.8 Å². The third-order valence-corrected chi connectivity index (χ3v) is 4.74. The Labute approximate surface area is 150 Å². The SMILES string of the molecule is CCCNC(=O)C[NH+]1CCN(C(=S)Nc2ccccc2CC)CC1. The Morgan fingerprint density at radius 1 is 1.25 bits per heavy atom. The number of nitrogens with zero attached hydrogens (tertiary/aromatic N) is 1. The predicted octanol–water partition coefficient (Wildman–Crippen LogP) is 0.673. The Bertz CT molecular complexity index is 556. The summed E-state index contributed by atoms with van der Waals surface area (Å²) in [5, 5.41) is 7.11. The summed E-state index contributed by atoms with van der Waals surface area (Å²) in [6.45, 7) is 9.20. The quantitative estimate of drug-likeness (QED) is 0.661. The van der Waals surface area contributed by atoms with Crippen LogP contribution in [0.15, 0.2) is 24.3 Å². The van der Waals surface area contributed by atoms with Crippen molar-refractivity contribution in [2.45, 2.75) is 26.7 Å². The van der Waals surface area contributed by atoms with Crippen molar-refractivity contribution in [1.82, 2.24) is 10.2 Å². The van der Waals surface area contributed by atoms with Crippen molar-refractivity contribution in [2.75, 3.05) is 44.6 Å². The normalized spacial score (nSPS) is 15.2. The molecule has 0 aliphatic carbocycles. The van der Waals surface area contributed by atoms with Gasteiger partial charge in [0.05, 0.1) is 26.2 Å². The van der Waals surface area contributed by atoms with Crippen molar-refractivity contribution < 1.29 is 9.69 Å². The molecule has 1 aliphatic rings. The van der Waals surface area contributed by atoms with E-state index in [2.05, 4.69) is 47.6 Å². The van der Waals surface area contributed by atoms with E-state index in [0.29, 0.717) is 6.54 Å². The molecule has 1 heterocycles. The first-order valence-corrected chi connectivity index (χ1v) is 9.29. The number of nitrogens with one attached hydrogen (secondary N) is 3. The molecule has 3 N–H and O–H groups in total. The number of anilines is 1. The van der Waals surface area contributed by atoms with Crippen LogP contribution in [0.25, 0.3) is 0 Å². The Hall–Kier alpha value is -1.66. The van der Waals surface area contributed by atoms with Crippen LogP contribution in [-0.4, -0.2) is 55.2 Å². The summed E-state index contributed by atoms with van der Waals surface area (Å²) in [6.07, 6.45) is 1.96.